The molecule has 4 amide bonds. The standard InChI is InChI=1S/C23H25ClN4O3S/c24-18-7-9-19(10-8-18)25-23(31)27-12-4-11-26(13-14-27)22(30)20-15-32-16-28(20)21(29)17-5-2-1-3-6-17/h1-3,5-10,20H,4,11-16H2,(H,25,31)/t20-/m0/s1. The third-order valence-corrected chi connectivity index (χ3v) is 6.90. The number of urea groups is 1. The van der Waals surface area contributed by atoms with Crippen molar-refractivity contribution in [3.05, 3.63) is 65.2 Å². The molecule has 2 aromatic rings. The fourth-order valence-electron chi connectivity index (χ4n) is 3.88. The van der Waals surface area contributed by atoms with Gasteiger partial charge in [0.05, 0.1) is 5.88 Å². The summed E-state index contributed by atoms with van der Waals surface area (Å²) in [4.78, 5) is 44.0. The minimum Gasteiger partial charge on any atom is -0.339 e. The van der Waals surface area contributed by atoms with Crippen LogP contribution in [0.4, 0.5) is 10.5 Å². The van der Waals surface area contributed by atoms with Crippen molar-refractivity contribution in [2.24, 2.45) is 0 Å². The van der Waals surface area contributed by atoms with Crippen LogP contribution < -0.4 is 5.32 Å². The Kier molecular flexibility index (Phi) is 7.22. The highest BCUT2D eigenvalue weighted by molar-refractivity contribution is 7.99. The molecule has 168 valence electrons. The second-order valence-corrected chi connectivity index (χ2v) is 9.20. The van der Waals surface area contributed by atoms with Crippen LogP contribution in [0.25, 0.3) is 0 Å². The van der Waals surface area contributed by atoms with E-state index < -0.39 is 6.04 Å². The molecular formula is C23H25ClN4O3S. The summed E-state index contributed by atoms with van der Waals surface area (Å²) in [5.41, 5.74) is 1.27. The van der Waals surface area contributed by atoms with Gasteiger partial charge in [0.1, 0.15) is 6.04 Å². The van der Waals surface area contributed by atoms with E-state index in [4.69, 9.17) is 11.6 Å². The van der Waals surface area contributed by atoms with E-state index in [2.05, 4.69) is 5.32 Å². The zero-order chi connectivity index (χ0) is 22.5. The summed E-state index contributed by atoms with van der Waals surface area (Å²) < 4.78 is 0. The highest BCUT2D eigenvalue weighted by Gasteiger charge is 2.38. The molecule has 2 aliphatic rings. The molecule has 0 spiro atoms. The molecule has 1 atom stereocenters. The number of thioether (sulfide) groups is 1. The molecule has 2 fully saturated rings. The van der Waals surface area contributed by atoms with Crippen LogP contribution in [-0.2, 0) is 4.79 Å². The minimum atomic E-state index is -0.470. The molecule has 2 aliphatic heterocycles. The number of amides is 4. The number of halogens is 1. The first-order chi connectivity index (χ1) is 15.5. The van der Waals surface area contributed by atoms with Crippen LogP contribution in [0.2, 0.25) is 5.02 Å². The largest absolute Gasteiger partial charge is 0.339 e. The van der Waals surface area contributed by atoms with Gasteiger partial charge in [-0.2, -0.15) is 0 Å². The monoisotopic (exact) mass is 472 g/mol. The lowest BCUT2D eigenvalue weighted by Crippen LogP contribution is -2.50. The lowest BCUT2D eigenvalue weighted by molar-refractivity contribution is -0.134. The normalized spacial score (nSPS) is 18.9. The van der Waals surface area contributed by atoms with E-state index in [9.17, 15) is 14.4 Å². The second-order valence-electron chi connectivity index (χ2n) is 7.76. The second kappa shape index (κ2) is 10.3. The molecule has 2 aromatic carbocycles. The summed E-state index contributed by atoms with van der Waals surface area (Å²) in [6.07, 6.45) is 0.687. The molecule has 0 unspecified atom stereocenters. The third kappa shape index (κ3) is 5.19. The zero-order valence-corrected chi connectivity index (χ0v) is 19.1. The SMILES string of the molecule is O=C(Nc1ccc(Cl)cc1)N1CCCN(C(=O)[C@@H]2CSCN2C(=O)c2ccccc2)CC1. The smallest absolute Gasteiger partial charge is 0.321 e. The van der Waals surface area contributed by atoms with Crippen LogP contribution in [0.5, 0.6) is 0 Å². The van der Waals surface area contributed by atoms with Crippen molar-refractivity contribution in [1.29, 1.82) is 0 Å². The van der Waals surface area contributed by atoms with Crippen molar-refractivity contribution in [2.45, 2.75) is 12.5 Å². The number of benzene rings is 2. The first kappa shape index (κ1) is 22.5. The molecule has 9 heteroatoms. The van der Waals surface area contributed by atoms with Crippen LogP contribution in [0.3, 0.4) is 0 Å². The van der Waals surface area contributed by atoms with Crippen molar-refractivity contribution >= 4 is 46.9 Å². The van der Waals surface area contributed by atoms with Gasteiger partial charge in [0.2, 0.25) is 5.91 Å². The first-order valence-corrected chi connectivity index (χ1v) is 12.1. The fourth-order valence-corrected chi connectivity index (χ4v) is 5.15. The topological polar surface area (TPSA) is 73.0 Å². The minimum absolute atomic E-state index is 0.0424. The molecule has 0 saturated carbocycles. The van der Waals surface area contributed by atoms with Gasteiger partial charge in [-0.15, -0.1) is 11.8 Å². The van der Waals surface area contributed by atoms with Gasteiger partial charge in [-0.1, -0.05) is 29.8 Å². The summed E-state index contributed by atoms with van der Waals surface area (Å²) in [6, 6.07) is 15.4. The Morgan fingerprint density at radius 2 is 1.59 bits per heavy atom. The van der Waals surface area contributed by atoms with Crippen LogP contribution >= 0.6 is 23.4 Å². The van der Waals surface area contributed by atoms with Gasteiger partial charge in [0, 0.05) is 48.2 Å². The number of nitrogens with zero attached hydrogens (tertiary/aromatic N) is 3. The number of nitrogens with one attached hydrogen (secondary N) is 1. The number of carbonyl (C=O) groups is 3. The van der Waals surface area contributed by atoms with Crippen LogP contribution in [0.1, 0.15) is 16.8 Å². The highest BCUT2D eigenvalue weighted by atomic mass is 35.5. The Labute approximate surface area is 196 Å². The van der Waals surface area contributed by atoms with E-state index in [1.54, 1.807) is 62.9 Å². The van der Waals surface area contributed by atoms with Gasteiger partial charge < -0.3 is 20.0 Å². The predicted molar refractivity (Wildman–Crippen MR) is 127 cm³/mol. The molecule has 32 heavy (non-hydrogen) atoms. The zero-order valence-electron chi connectivity index (χ0n) is 17.6. The number of rotatable bonds is 3. The van der Waals surface area contributed by atoms with Crippen LogP contribution in [0, 0.1) is 0 Å². The maximum atomic E-state index is 13.3. The maximum Gasteiger partial charge on any atom is 0.321 e. The van der Waals surface area contributed by atoms with E-state index >= 15 is 0 Å². The maximum absolute atomic E-state index is 13.3. The van der Waals surface area contributed by atoms with E-state index in [0.29, 0.717) is 60.5 Å². The van der Waals surface area contributed by atoms with Crippen LogP contribution in [-0.4, -0.2) is 76.4 Å². The summed E-state index contributed by atoms with van der Waals surface area (Å²) >= 11 is 7.49. The molecule has 4 rings (SSSR count). The van der Waals surface area contributed by atoms with Crippen molar-refractivity contribution in [3.63, 3.8) is 0 Å². The van der Waals surface area contributed by atoms with Crippen LogP contribution in [0.15, 0.2) is 54.6 Å². The molecule has 7 nitrogen and oxygen atoms in total. The fraction of sp³-hybridized carbons (Fsp3) is 0.348. The molecule has 0 aliphatic carbocycles. The molecule has 0 aromatic heterocycles. The Bertz CT molecular complexity index is 973. The lowest BCUT2D eigenvalue weighted by Gasteiger charge is -2.29. The highest BCUT2D eigenvalue weighted by Crippen LogP contribution is 2.25. The summed E-state index contributed by atoms with van der Waals surface area (Å²) in [5.74, 6) is 0.939. The van der Waals surface area contributed by atoms with Gasteiger partial charge >= 0.3 is 6.03 Å². The molecule has 1 N–H and O–H groups in total. The van der Waals surface area contributed by atoms with Gasteiger partial charge in [0.25, 0.3) is 5.91 Å². The predicted octanol–water partition coefficient (Wildman–Crippen LogP) is 3.62. The van der Waals surface area contributed by atoms with Gasteiger partial charge in [-0.3, -0.25) is 9.59 Å². The third-order valence-electron chi connectivity index (χ3n) is 5.64. The first-order valence-electron chi connectivity index (χ1n) is 10.6. The van der Waals surface area contributed by atoms with Crippen molar-refractivity contribution in [2.75, 3.05) is 43.1 Å². The summed E-state index contributed by atoms with van der Waals surface area (Å²) in [5, 5.41) is 3.48. The number of hydrogen-bond donors (Lipinski definition) is 1. The average molecular weight is 473 g/mol. The molecule has 0 radical (unpaired) electrons. The van der Waals surface area contributed by atoms with Crippen molar-refractivity contribution in [1.82, 2.24) is 14.7 Å². The number of carbonyl (C=O) groups excluding carboxylic acids is 3. The van der Waals surface area contributed by atoms with E-state index in [1.165, 1.54) is 0 Å². The van der Waals surface area contributed by atoms with Gasteiger partial charge in [-0.25, -0.2) is 4.79 Å². The number of hydrogen-bond acceptors (Lipinski definition) is 4. The molecule has 2 heterocycles. The molecular weight excluding hydrogens is 448 g/mol. The Morgan fingerprint density at radius 1 is 0.906 bits per heavy atom. The molecule has 0 bridgehead atoms. The summed E-state index contributed by atoms with van der Waals surface area (Å²) in [6.45, 7) is 2.02. The van der Waals surface area contributed by atoms with Gasteiger partial charge in [-0.05, 0) is 42.8 Å². The summed E-state index contributed by atoms with van der Waals surface area (Å²) in [7, 11) is 0. The van der Waals surface area contributed by atoms with Crippen molar-refractivity contribution < 1.29 is 14.4 Å². The quantitative estimate of drug-likeness (QED) is 0.740. The van der Waals surface area contributed by atoms with E-state index in [-0.39, 0.29) is 17.8 Å². The average Bonchev–Trinajstić information content (AvgIpc) is 3.17. The van der Waals surface area contributed by atoms with E-state index in [1.807, 2.05) is 18.2 Å². The number of anilines is 1. The Balaban J connectivity index is 1.36. The lowest BCUT2D eigenvalue weighted by atomic mass is 10.1. The molecule has 2 saturated heterocycles. The Hall–Kier alpha value is -2.71. The van der Waals surface area contributed by atoms with Crippen molar-refractivity contribution in [3.8, 4) is 0 Å². The van der Waals surface area contributed by atoms with Gasteiger partial charge in [0.15, 0.2) is 0 Å². The Morgan fingerprint density at radius 3 is 2.34 bits per heavy atom. The van der Waals surface area contributed by atoms with E-state index in [0.717, 1.165) is 0 Å².